The number of fused-ring (bicyclic) bond motifs is 2. The molecular weight excluding hydrogens is 348 g/mol. The van der Waals surface area contributed by atoms with Crippen LogP contribution in [0, 0.1) is 18.8 Å². The van der Waals surface area contributed by atoms with E-state index in [2.05, 4.69) is 0 Å². The first-order chi connectivity index (χ1) is 13.2. The number of rotatable bonds is 3. The Hall–Kier alpha value is -2.28. The number of hydrogen-bond donors (Lipinski definition) is 1. The smallest absolute Gasteiger partial charge is 0.231 e. The molecule has 5 rings (SSSR count). The Bertz CT molecular complexity index is 857. The molecule has 2 saturated heterocycles. The van der Waals surface area contributed by atoms with Gasteiger partial charge < -0.3 is 28.8 Å². The highest BCUT2D eigenvalue weighted by atomic mass is 16.7. The summed E-state index contributed by atoms with van der Waals surface area (Å²) in [6.07, 6.45) is -1.35. The third kappa shape index (κ3) is 2.67. The maximum Gasteiger partial charge on any atom is 0.231 e. The van der Waals surface area contributed by atoms with Crippen molar-refractivity contribution in [3.05, 3.63) is 53.1 Å². The van der Waals surface area contributed by atoms with Gasteiger partial charge >= 0.3 is 0 Å². The van der Waals surface area contributed by atoms with Gasteiger partial charge in [-0.1, -0.05) is 18.2 Å². The average molecular weight is 370 g/mol. The number of hydrogen-bond acceptors (Lipinski definition) is 6. The largest absolute Gasteiger partial charge is 0.496 e. The lowest BCUT2D eigenvalue weighted by Crippen LogP contribution is -2.22. The van der Waals surface area contributed by atoms with Crippen LogP contribution in [0.4, 0.5) is 0 Å². The van der Waals surface area contributed by atoms with E-state index in [0.29, 0.717) is 12.4 Å². The standard InChI is InChI=1S/C21H22O6/c1-11-3-4-12(7-16(11)23-2)19-14-9-24-20(18(14)21(22)27-19)13-5-6-15-17(8-13)26-10-25-15/h3-8,14,18-22H,9-10H2,1-2H3. The summed E-state index contributed by atoms with van der Waals surface area (Å²) in [5.74, 6) is 2.21. The van der Waals surface area contributed by atoms with Crippen molar-refractivity contribution in [3.8, 4) is 17.2 Å². The number of aryl methyl sites for hydroxylation is 1. The van der Waals surface area contributed by atoms with Crippen LogP contribution in [0.3, 0.4) is 0 Å². The summed E-state index contributed by atoms with van der Waals surface area (Å²) in [5, 5.41) is 10.6. The molecule has 0 amide bonds. The van der Waals surface area contributed by atoms with E-state index in [-0.39, 0.29) is 30.8 Å². The topological polar surface area (TPSA) is 66.4 Å². The number of ether oxygens (including phenoxy) is 5. The summed E-state index contributed by atoms with van der Waals surface area (Å²) in [6, 6.07) is 11.8. The summed E-state index contributed by atoms with van der Waals surface area (Å²) < 4.78 is 28.4. The Morgan fingerprint density at radius 2 is 1.78 bits per heavy atom. The summed E-state index contributed by atoms with van der Waals surface area (Å²) in [5.41, 5.74) is 3.03. The fourth-order valence-corrected chi connectivity index (χ4v) is 4.40. The van der Waals surface area contributed by atoms with Gasteiger partial charge in [0.15, 0.2) is 17.8 Å². The minimum atomic E-state index is -0.884. The second-order valence-electron chi connectivity index (χ2n) is 7.28. The van der Waals surface area contributed by atoms with E-state index in [1.54, 1.807) is 7.11 Å². The van der Waals surface area contributed by atoms with Crippen LogP contribution in [0.25, 0.3) is 0 Å². The van der Waals surface area contributed by atoms with Crippen LogP contribution in [-0.2, 0) is 9.47 Å². The van der Waals surface area contributed by atoms with Crippen molar-refractivity contribution < 1.29 is 28.8 Å². The first-order valence-electron chi connectivity index (χ1n) is 9.15. The highest BCUT2D eigenvalue weighted by molar-refractivity contribution is 5.45. The van der Waals surface area contributed by atoms with Gasteiger partial charge in [0.05, 0.1) is 25.9 Å². The van der Waals surface area contributed by atoms with Crippen molar-refractivity contribution in [2.24, 2.45) is 11.8 Å². The van der Waals surface area contributed by atoms with E-state index >= 15 is 0 Å². The number of aliphatic hydroxyl groups excluding tert-OH is 1. The molecule has 2 fully saturated rings. The third-order valence-electron chi connectivity index (χ3n) is 5.80. The molecule has 6 nitrogen and oxygen atoms in total. The monoisotopic (exact) mass is 370 g/mol. The molecule has 3 aliphatic heterocycles. The second-order valence-corrected chi connectivity index (χ2v) is 7.28. The minimum absolute atomic E-state index is 0.0721. The van der Waals surface area contributed by atoms with E-state index in [1.165, 1.54) is 0 Å². The van der Waals surface area contributed by atoms with Gasteiger partial charge in [0.2, 0.25) is 6.79 Å². The number of benzene rings is 2. The quantitative estimate of drug-likeness (QED) is 0.896. The van der Waals surface area contributed by atoms with E-state index in [0.717, 1.165) is 28.2 Å². The average Bonchev–Trinajstić information content (AvgIpc) is 3.38. The van der Waals surface area contributed by atoms with E-state index < -0.39 is 6.29 Å². The Morgan fingerprint density at radius 1 is 1.00 bits per heavy atom. The van der Waals surface area contributed by atoms with Crippen LogP contribution < -0.4 is 14.2 Å². The van der Waals surface area contributed by atoms with E-state index in [9.17, 15) is 5.11 Å². The van der Waals surface area contributed by atoms with Crippen LogP contribution in [-0.4, -0.2) is 31.9 Å². The van der Waals surface area contributed by atoms with E-state index in [4.69, 9.17) is 23.7 Å². The molecule has 0 aromatic heterocycles. The van der Waals surface area contributed by atoms with Gasteiger partial charge in [-0.25, -0.2) is 0 Å². The van der Waals surface area contributed by atoms with Gasteiger partial charge in [-0.3, -0.25) is 0 Å². The molecule has 3 aliphatic rings. The molecule has 0 radical (unpaired) electrons. The molecule has 2 aromatic rings. The number of aliphatic hydroxyl groups is 1. The Balaban J connectivity index is 1.43. The van der Waals surface area contributed by atoms with Crippen molar-refractivity contribution in [2.45, 2.75) is 25.4 Å². The second kappa shape index (κ2) is 6.41. The van der Waals surface area contributed by atoms with Gasteiger partial charge in [0.25, 0.3) is 0 Å². The molecule has 142 valence electrons. The molecule has 6 heteroatoms. The molecule has 5 unspecified atom stereocenters. The summed E-state index contributed by atoms with van der Waals surface area (Å²) in [6.45, 7) is 2.77. The zero-order valence-corrected chi connectivity index (χ0v) is 15.3. The molecule has 0 bridgehead atoms. The molecule has 1 N–H and O–H groups in total. The molecule has 27 heavy (non-hydrogen) atoms. The van der Waals surface area contributed by atoms with Gasteiger partial charge in [0, 0.05) is 11.8 Å². The predicted octanol–water partition coefficient (Wildman–Crippen LogP) is 3.13. The van der Waals surface area contributed by atoms with Crippen molar-refractivity contribution >= 4 is 0 Å². The molecule has 0 aliphatic carbocycles. The highest BCUT2D eigenvalue weighted by Crippen LogP contribution is 2.53. The fraction of sp³-hybridized carbons (Fsp3) is 0.429. The molecule has 0 spiro atoms. The highest BCUT2D eigenvalue weighted by Gasteiger charge is 2.53. The van der Waals surface area contributed by atoms with Crippen molar-refractivity contribution in [2.75, 3.05) is 20.5 Å². The zero-order chi connectivity index (χ0) is 18.5. The van der Waals surface area contributed by atoms with Gasteiger partial charge in [-0.2, -0.15) is 0 Å². The van der Waals surface area contributed by atoms with Crippen molar-refractivity contribution in [1.82, 2.24) is 0 Å². The van der Waals surface area contributed by atoms with Gasteiger partial charge in [-0.15, -0.1) is 0 Å². The Labute approximate surface area is 157 Å². The summed E-state index contributed by atoms with van der Waals surface area (Å²) in [7, 11) is 1.66. The summed E-state index contributed by atoms with van der Waals surface area (Å²) >= 11 is 0. The van der Waals surface area contributed by atoms with E-state index in [1.807, 2.05) is 43.3 Å². The Morgan fingerprint density at radius 3 is 2.63 bits per heavy atom. The molecule has 5 atom stereocenters. The van der Waals surface area contributed by atoms with Crippen LogP contribution in [0.5, 0.6) is 17.2 Å². The predicted molar refractivity (Wildman–Crippen MR) is 95.8 cm³/mol. The third-order valence-corrected chi connectivity index (χ3v) is 5.80. The van der Waals surface area contributed by atoms with Gasteiger partial charge in [0.1, 0.15) is 5.75 Å². The summed E-state index contributed by atoms with van der Waals surface area (Å²) in [4.78, 5) is 0. The van der Waals surface area contributed by atoms with Crippen LogP contribution in [0.2, 0.25) is 0 Å². The molecule has 2 aromatic carbocycles. The van der Waals surface area contributed by atoms with Crippen molar-refractivity contribution in [3.63, 3.8) is 0 Å². The first-order valence-corrected chi connectivity index (χ1v) is 9.15. The molecule has 3 heterocycles. The molecular formula is C21H22O6. The van der Waals surface area contributed by atoms with Crippen molar-refractivity contribution in [1.29, 1.82) is 0 Å². The lowest BCUT2D eigenvalue weighted by Gasteiger charge is -2.20. The zero-order valence-electron chi connectivity index (χ0n) is 15.3. The lowest BCUT2D eigenvalue weighted by atomic mass is 9.84. The molecule has 0 saturated carbocycles. The minimum Gasteiger partial charge on any atom is -0.496 e. The van der Waals surface area contributed by atoms with Crippen LogP contribution in [0.1, 0.15) is 28.9 Å². The number of methoxy groups -OCH3 is 1. The van der Waals surface area contributed by atoms with Crippen LogP contribution >= 0.6 is 0 Å². The Kier molecular flexibility index (Phi) is 4.00. The lowest BCUT2D eigenvalue weighted by molar-refractivity contribution is -0.134. The van der Waals surface area contributed by atoms with Crippen LogP contribution in [0.15, 0.2) is 36.4 Å². The van der Waals surface area contributed by atoms with Gasteiger partial charge in [-0.05, 0) is 41.8 Å². The SMILES string of the molecule is COc1cc(C2OC(O)C3C(c4ccc5c(c4)OCO5)OCC23)ccc1C. The normalized spacial score (nSPS) is 31.1. The first kappa shape index (κ1) is 16.9. The maximum atomic E-state index is 10.6. The maximum absolute atomic E-state index is 10.6. The fourth-order valence-electron chi connectivity index (χ4n) is 4.40.